The van der Waals surface area contributed by atoms with Crippen molar-refractivity contribution in [1.82, 2.24) is 10.2 Å². The van der Waals surface area contributed by atoms with Crippen molar-refractivity contribution in [3.63, 3.8) is 0 Å². The lowest BCUT2D eigenvalue weighted by molar-refractivity contribution is -0.140. The zero-order chi connectivity index (χ0) is 16.6. The van der Waals surface area contributed by atoms with Gasteiger partial charge in [-0.2, -0.15) is 0 Å². The number of carbonyl (C=O) groups is 3. The zero-order valence-electron chi connectivity index (χ0n) is 11.7. The lowest BCUT2D eigenvalue weighted by Gasteiger charge is -2.07. The van der Waals surface area contributed by atoms with Gasteiger partial charge < -0.3 is 10.4 Å². The summed E-state index contributed by atoms with van der Waals surface area (Å²) < 4.78 is 0.793. The Hall–Kier alpha value is -2.67. The van der Waals surface area contributed by atoms with Crippen LogP contribution in [0.1, 0.15) is 5.56 Å². The second kappa shape index (κ2) is 5.85. The van der Waals surface area contributed by atoms with Gasteiger partial charge in [-0.15, -0.1) is 0 Å². The Morgan fingerprint density at radius 1 is 1.22 bits per heavy atom. The van der Waals surface area contributed by atoms with Gasteiger partial charge in [-0.3, -0.25) is 9.59 Å². The monoisotopic (exact) mass is 374 g/mol. The number of fused-ring (bicyclic) bond motifs is 1. The van der Waals surface area contributed by atoms with Crippen molar-refractivity contribution >= 4 is 50.7 Å². The summed E-state index contributed by atoms with van der Waals surface area (Å²) in [5, 5.41) is 13.2. The highest BCUT2D eigenvalue weighted by molar-refractivity contribution is 9.10. The van der Waals surface area contributed by atoms with Gasteiger partial charge in [0.2, 0.25) is 0 Å². The van der Waals surface area contributed by atoms with E-state index in [1.54, 1.807) is 0 Å². The minimum absolute atomic E-state index is 0.0484. The van der Waals surface area contributed by atoms with Gasteiger partial charge >= 0.3 is 12.0 Å². The maximum Gasteiger partial charge on any atom is 0.329 e. The van der Waals surface area contributed by atoms with Crippen LogP contribution in [-0.2, 0) is 9.59 Å². The fraction of sp³-hybridized carbons (Fsp3) is 0.0625. The Kier molecular flexibility index (Phi) is 3.87. The van der Waals surface area contributed by atoms with Crippen LogP contribution in [0.5, 0.6) is 0 Å². The van der Waals surface area contributed by atoms with Crippen molar-refractivity contribution in [2.45, 2.75) is 0 Å². The number of benzene rings is 2. The highest BCUT2D eigenvalue weighted by atomic mass is 79.9. The van der Waals surface area contributed by atoms with E-state index in [0.29, 0.717) is 10.5 Å². The number of nitrogens with zero attached hydrogens (tertiary/aromatic N) is 1. The summed E-state index contributed by atoms with van der Waals surface area (Å²) in [5.41, 5.74) is 0.761. The average molecular weight is 375 g/mol. The molecule has 3 rings (SSSR count). The summed E-state index contributed by atoms with van der Waals surface area (Å²) in [7, 11) is 0. The van der Waals surface area contributed by atoms with Crippen LogP contribution in [0.3, 0.4) is 0 Å². The van der Waals surface area contributed by atoms with Crippen LogP contribution in [0.4, 0.5) is 4.79 Å². The molecule has 0 saturated carbocycles. The predicted octanol–water partition coefficient (Wildman–Crippen LogP) is 2.58. The van der Waals surface area contributed by atoms with Gasteiger partial charge in [-0.25, -0.2) is 9.69 Å². The molecule has 1 aliphatic rings. The van der Waals surface area contributed by atoms with E-state index in [0.717, 1.165) is 15.2 Å². The smallest absolute Gasteiger partial charge is 0.329 e. The number of urea groups is 1. The molecule has 1 aliphatic heterocycles. The molecule has 1 heterocycles. The van der Waals surface area contributed by atoms with Crippen molar-refractivity contribution in [3.05, 3.63) is 52.1 Å². The van der Waals surface area contributed by atoms with E-state index in [2.05, 4.69) is 21.2 Å². The fourth-order valence-electron chi connectivity index (χ4n) is 2.37. The van der Waals surface area contributed by atoms with Crippen LogP contribution in [0.2, 0.25) is 0 Å². The first kappa shape index (κ1) is 15.2. The SMILES string of the molecule is O=C(O)CN1C(=O)N/C(=C\c2ccc3ccccc3c2Br)C1=O. The molecule has 6 nitrogen and oxygen atoms in total. The summed E-state index contributed by atoms with van der Waals surface area (Å²) in [6, 6.07) is 10.7. The maximum absolute atomic E-state index is 12.1. The number of halogens is 1. The Balaban J connectivity index is 1.99. The molecule has 0 aromatic heterocycles. The third-order valence-electron chi connectivity index (χ3n) is 3.45. The van der Waals surface area contributed by atoms with Crippen LogP contribution in [-0.4, -0.2) is 34.5 Å². The Bertz CT molecular complexity index is 876. The zero-order valence-corrected chi connectivity index (χ0v) is 13.3. The Labute approximate surface area is 139 Å². The van der Waals surface area contributed by atoms with Gasteiger partial charge in [0.1, 0.15) is 12.2 Å². The number of carboxylic acid groups (broad SMARTS) is 1. The number of imide groups is 1. The molecule has 1 saturated heterocycles. The highest BCUT2D eigenvalue weighted by Crippen LogP contribution is 2.29. The van der Waals surface area contributed by atoms with E-state index < -0.39 is 24.5 Å². The van der Waals surface area contributed by atoms with Crippen LogP contribution in [0.25, 0.3) is 16.8 Å². The van der Waals surface area contributed by atoms with E-state index in [4.69, 9.17) is 5.11 Å². The minimum atomic E-state index is -1.25. The molecule has 0 atom stereocenters. The van der Waals surface area contributed by atoms with Crippen molar-refractivity contribution < 1.29 is 19.5 Å². The molecule has 2 aromatic carbocycles. The number of hydrogen-bond donors (Lipinski definition) is 2. The summed E-state index contributed by atoms with van der Waals surface area (Å²) in [6.07, 6.45) is 1.53. The van der Waals surface area contributed by atoms with Crippen LogP contribution < -0.4 is 5.32 Å². The molecule has 3 amide bonds. The average Bonchev–Trinajstić information content (AvgIpc) is 2.77. The van der Waals surface area contributed by atoms with E-state index >= 15 is 0 Å². The third kappa shape index (κ3) is 2.83. The Morgan fingerprint density at radius 2 is 1.96 bits per heavy atom. The van der Waals surface area contributed by atoms with Gasteiger partial charge in [0.25, 0.3) is 5.91 Å². The molecule has 1 fully saturated rings. The molecule has 0 bridgehead atoms. The molecular formula is C16H11BrN2O4. The standard InChI is InChI=1S/C16H11BrN2O4/c17-14-10(6-5-9-3-1-2-4-11(9)14)7-12-15(22)19(8-13(20)21)16(23)18-12/h1-7H,8H2,(H,18,23)(H,20,21)/b12-7-. The third-order valence-corrected chi connectivity index (χ3v) is 4.33. The second-order valence-corrected chi connectivity index (χ2v) is 5.76. The number of hydrogen-bond acceptors (Lipinski definition) is 3. The van der Waals surface area contributed by atoms with Gasteiger partial charge in [-0.05, 0) is 38.3 Å². The molecule has 2 aromatic rings. The quantitative estimate of drug-likeness (QED) is 0.638. The molecule has 2 N–H and O–H groups in total. The summed E-state index contributed by atoms with van der Waals surface area (Å²) in [4.78, 5) is 35.2. The number of amides is 3. The van der Waals surface area contributed by atoms with E-state index in [9.17, 15) is 14.4 Å². The summed E-state index contributed by atoms with van der Waals surface area (Å²) in [6.45, 7) is -0.666. The second-order valence-electron chi connectivity index (χ2n) is 4.96. The highest BCUT2D eigenvalue weighted by Gasteiger charge is 2.34. The summed E-state index contributed by atoms with van der Waals surface area (Å²) >= 11 is 3.50. The molecule has 0 aliphatic carbocycles. The Morgan fingerprint density at radius 3 is 2.70 bits per heavy atom. The fourth-order valence-corrected chi connectivity index (χ4v) is 2.98. The van der Waals surface area contributed by atoms with Gasteiger partial charge in [-0.1, -0.05) is 36.4 Å². The molecule has 23 heavy (non-hydrogen) atoms. The molecule has 7 heteroatoms. The van der Waals surface area contributed by atoms with Crippen molar-refractivity contribution in [3.8, 4) is 0 Å². The van der Waals surface area contributed by atoms with Crippen LogP contribution in [0, 0.1) is 0 Å². The largest absolute Gasteiger partial charge is 0.480 e. The lowest BCUT2D eigenvalue weighted by Crippen LogP contribution is -2.35. The van der Waals surface area contributed by atoms with Crippen molar-refractivity contribution in [2.24, 2.45) is 0 Å². The first-order valence-electron chi connectivity index (χ1n) is 6.71. The molecule has 116 valence electrons. The van der Waals surface area contributed by atoms with Gasteiger partial charge in [0, 0.05) is 4.47 Å². The van der Waals surface area contributed by atoms with E-state index in [1.807, 2.05) is 36.4 Å². The van der Waals surface area contributed by atoms with E-state index in [1.165, 1.54) is 6.08 Å². The maximum atomic E-state index is 12.1. The predicted molar refractivity (Wildman–Crippen MR) is 87.5 cm³/mol. The van der Waals surface area contributed by atoms with Crippen molar-refractivity contribution in [2.75, 3.05) is 6.54 Å². The summed E-state index contributed by atoms with van der Waals surface area (Å²) in [5.74, 6) is -1.90. The topological polar surface area (TPSA) is 86.7 Å². The number of nitrogens with one attached hydrogen (secondary N) is 1. The van der Waals surface area contributed by atoms with Crippen molar-refractivity contribution in [1.29, 1.82) is 0 Å². The van der Waals surface area contributed by atoms with Gasteiger partial charge in [0.15, 0.2) is 0 Å². The number of carboxylic acids is 1. The lowest BCUT2D eigenvalue weighted by atomic mass is 10.1. The first-order valence-corrected chi connectivity index (χ1v) is 7.50. The number of rotatable bonds is 3. The number of carbonyl (C=O) groups excluding carboxylic acids is 2. The van der Waals surface area contributed by atoms with Crippen LogP contribution in [0.15, 0.2) is 46.6 Å². The first-order chi connectivity index (χ1) is 11.0. The minimum Gasteiger partial charge on any atom is -0.480 e. The van der Waals surface area contributed by atoms with E-state index in [-0.39, 0.29) is 5.70 Å². The van der Waals surface area contributed by atoms with Gasteiger partial charge in [0.05, 0.1) is 0 Å². The molecule has 0 radical (unpaired) electrons. The molecule has 0 unspecified atom stereocenters. The molecular weight excluding hydrogens is 364 g/mol. The molecule has 0 spiro atoms. The normalized spacial score (nSPS) is 16.2. The van der Waals surface area contributed by atoms with Crippen LogP contribution >= 0.6 is 15.9 Å². The number of aliphatic carboxylic acids is 1.